The molecule has 0 atom stereocenters. The quantitative estimate of drug-likeness (QED) is 0.626. The number of Topliss-reactive ketones (excluding diaryl/α,β-unsaturated/α-hetero) is 1. The summed E-state index contributed by atoms with van der Waals surface area (Å²) in [4.78, 5) is 11.4. The van der Waals surface area contributed by atoms with E-state index in [4.69, 9.17) is 4.74 Å². The van der Waals surface area contributed by atoms with Gasteiger partial charge in [0.15, 0.2) is 5.76 Å². The van der Waals surface area contributed by atoms with Crippen molar-refractivity contribution in [2.24, 2.45) is 0 Å². The molecule has 2 nitrogen and oxygen atoms in total. The van der Waals surface area contributed by atoms with Crippen molar-refractivity contribution in [3.63, 3.8) is 0 Å². The first-order valence-corrected chi connectivity index (χ1v) is 3.72. The number of ether oxygens (including phenoxy) is 1. The van der Waals surface area contributed by atoms with Crippen LogP contribution in [0.1, 0.15) is 15.9 Å². The van der Waals surface area contributed by atoms with E-state index >= 15 is 0 Å². The monoisotopic (exact) mass is 160 g/mol. The normalized spacial score (nSPS) is 14.1. The molecular formula is C10H8O2. The van der Waals surface area contributed by atoms with Crippen molar-refractivity contribution < 1.29 is 9.53 Å². The molecule has 0 spiro atoms. The Morgan fingerprint density at radius 2 is 2.00 bits per heavy atom. The van der Waals surface area contributed by atoms with Gasteiger partial charge in [-0.2, -0.15) is 0 Å². The van der Waals surface area contributed by atoms with E-state index in [0.29, 0.717) is 5.76 Å². The van der Waals surface area contributed by atoms with Gasteiger partial charge in [-0.1, -0.05) is 24.3 Å². The second-order valence-corrected chi connectivity index (χ2v) is 2.63. The number of fused-ring (bicyclic) bond motifs is 1. The zero-order valence-electron chi connectivity index (χ0n) is 6.70. The zero-order valence-corrected chi connectivity index (χ0v) is 6.70. The van der Waals surface area contributed by atoms with Gasteiger partial charge in [0.05, 0.1) is 7.11 Å². The predicted octanol–water partition coefficient (Wildman–Crippen LogP) is 1.87. The van der Waals surface area contributed by atoms with Crippen molar-refractivity contribution in [3.8, 4) is 0 Å². The fourth-order valence-corrected chi connectivity index (χ4v) is 1.32. The van der Waals surface area contributed by atoms with E-state index in [1.54, 1.807) is 12.1 Å². The summed E-state index contributed by atoms with van der Waals surface area (Å²) in [5.74, 6) is 0.407. The lowest BCUT2D eigenvalue weighted by Crippen LogP contribution is -1.99. The van der Waals surface area contributed by atoms with Crippen molar-refractivity contribution >= 4 is 11.9 Å². The minimum Gasteiger partial charge on any atom is -0.493 e. The number of ketones is 1. The summed E-state index contributed by atoms with van der Waals surface area (Å²) in [5.41, 5.74) is 1.67. The summed E-state index contributed by atoms with van der Waals surface area (Å²) in [5, 5.41) is 0. The van der Waals surface area contributed by atoms with Crippen LogP contribution in [-0.4, -0.2) is 12.9 Å². The van der Waals surface area contributed by atoms with Gasteiger partial charge in [0.25, 0.3) is 0 Å². The largest absolute Gasteiger partial charge is 0.493 e. The number of methoxy groups -OCH3 is 1. The topological polar surface area (TPSA) is 26.3 Å². The molecule has 2 rings (SSSR count). The smallest absolute Gasteiger partial charge is 0.228 e. The first-order valence-electron chi connectivity index (χ1n) is 3.72. The number of carbonyl (C=O) groups is 1. The van der Waals surface area contributed by atoms with Crippen LogP contribution >= 0.6 is 0 Å². The summed E-state index contributed by atoms with van der Waals surface area (Å²) in [7, 11) is 1.51. The average Bonchev–Trinajstić information content (AvgIpc) is 2.44. The summed E-state index contributed by atoms with van der Waals surface area (Å²) in [6, 6.07) is 7.46. The van der Waals surface area contributed by atoms with E-state index in [0.717, 1.165) is 11.1 Å². The summed E-state index contributed by atoms with van der Waals surface area (Å²) < 4.78 is 4.92. The summed E-state index contributed by atoms with van der Waals surface area (Å²) in [6.45, 7) is 0. The van der Waals surface area contributed by atoms with Crippen LogP contribution in [0.4, 0.5) is 0 Å². The van der Waals surface area contributed by atoms with Gasteiger partial charge in [0.1, 0.15) is 0 Å². The molecule has 1 aromatic rings. The van der Waals surface area contributed by atoms with E-state index in [1.807, 2.05) is 18.2 Å². The number of rotatable bonds is 1. The highest BCUT2D eigenvalue weighted by Gasteiger charge is 2.21. The number of carbonyl (C=O) groups excluding carboxylic acids is 1. The van der Waals surface area contributed by atoms with Crippen molar-refractivity contribution in [2.45, 2.75) is 0 Å². The molecule has 0 heterocycles. The number of hydrogen-bond acceptors (Lipinski definition) is 2. The molecule has 60 valence electrons. The van der Waals surface area contributed by atoms with Gasteiger partial charge in [-0.15, -0.1) is 0 Å². The van der Waals surface area contributed by atoms with Crippen LogP contribution in [0, 0.1) is 0 Å². The third kappa shape index (κ3) is 0.848. The molecule has 12 heavy (non-hydrogen) atoms. The zero-order chi connectivity index (χ0) is 8.55. The molecule has 1 aliphatic rings. The number of hydrogen-bond donors (Lipinski definition) is 0. The van der Waals surface area contributed by atoms with E-state index in [9.17, 15) is 4.79 Å². The summed E-state index contributed by atoms with van der Waals surface area (Å²) >= 11 is 0. The fraction of sp³-hybridized carbons (Fsp3) is 0.100. The molecule has 1 aliphatic carbocycles. The van der Waals surface area contributed by atoms with Crippen LogP contribution in [0.5, 0.6) is 0 Å². The molecule has 0 fully saturated rings. The third-order valence-corrected chi connectivity index (χ3v) is 1.94. The third-order valence-electron chi connectivity index (χ3n) is 1.94. The van der Waals surface area contributed by atoms with Crippen LogP contribution < -0.4 is 0 Å². The first-order chi connectivity index (χ1) is 5.83. The van der Waals surface area contributed by atoms with Crippen molar-refractivity contribution in [3.05, 3.63) is 41.2 Å². The lowest BCUT2D eigenvalue weighted by molar-refractivity contribution is 0.0962. The van der Waals surface area contributed by atoms with Crippen LogP contribution in [0.25, 0.3) is 6.08 Å². The Bertz CT molecular complexity index is 364. The van der Waals surface area contributed by atoms with Crippen molar-refractivity contribution in [1.82, 2.24) is 0 Å². The van der Waals surface area contributed by atoms with E-state index < -0.39 is 0 Å². The fourth-order valence-electron chi connectivity index (χ4n) is 1.32. The van der Waals surface area contributed by atoms with Crippen molar-refractivity contribution in [2.75, 3.05) is 7.11 Å². The molecule has 0 bridgehead atoms. The molecule has 1 aromatic carbocycles. The van der Waals surface area contributed by atoms with Crippen LogP contribution in [-0.2, 0) is 4.74 Å². The molecule has 0 aromatic heterocycles. The lowest BCUT2D eigenvalue weighted by atomic mass is 10.1. The van der Waals surface area contributed by atoms with E-state index in [2.05, 4.69) is 0 Å². The van der Waals surface area contributed by atoms with Gasteiger partial charge in [0, 0.05) is 5.56 Å². The average molecular weight is 160 g/mol. The number of benzene rings is 1. The second-order valence-electron chi connectivity index (χ2n) is 2.63. The Balaban J connectivity index is 2.54. The predicted molar refractivity (Wildman–Crippen MR) is 45.8 cm³/mol. The second kappa shape index (κ2) is 2.48. The van der Waals surface area contributed by atoms with Gasteiger partial charge in [0.2, 0.25) is 5.78 Å². The Morgan fingerprint density at radius 1 is 1.25 bits per heavy atom. The highest BCUT2D eigenvalue weighted by atomic mass is 16.5. The Labute approximate surface area is 70.5 Å². The molecule has 0 saturated carbocycles. The summed E-state index contributed by atoms with van der Waals surface area (Å²) in [6.07, 6.45) is 1.76. The van der Waals surface area contributed by atoms with E-state index in [1.165, 1.54) is 7.11 Å². The van der Waals surface area contributed by atoms with Gasteiger partial charge >= 0.3 is 0 Å². The first kappa shape index (κ1) is 7.10. The van der Waals surface area contributed by atoms with Gasteiger partial charge in [-0.05, 0) is 11.6 Å². The van der Waals surface area contributed by atoms with Crippen molar-refractivity contribution in [1.29, 1.82) is 0 Å². The van der Waals surface area contributed by atoms with Crippen LogP contribution in [0.15, 0.2) is 30.0 Å². The highest BCUT2D eigenvalue weighted by Crippen LogP contribution is 2.24. The van der Waals surface area contributed by atoms with Crippen LogP contribution in [0.3, 0.4) is 0 Å². The highest BCUT2D eigenvalue weighted by molar-refractivity contribution is 6.16. The SMILES string of the molecule is COC1=Cc2ccccc2C1=O. The number of allylic oxidation sites excluding steroid dienone is 1. The standard InChI is InChI=1S/C10H8O2/c1-12-9-6-7-4-2-3-5-8(7)10(9)11/h2-6H,1H3. The molecule has 0 aliphatic heterocycles. The minimum atomic E-state index is -0.0203. The molecule has 0 unspecified atom stereocenters. The van der Waals surface area contributed by atoms with Crippen LogP contribution in [0.2, 0.25) is 0 Å². The molecule has 0 saturated heterocycles. The molecule has 0 N–H and O–H groups in total. The molecule has 0 radical (unpaired) electrons. The van der Waals surface area contributed by atoms with Gasteiger partial charge in [-0.25, -0.2) is 0 Å². The molecule has 0 amide bonds. The lowest BCUT2D eigenvalue weighted by Gasteiger charge is -1.96. The Hall–Kier alpha value is -1.57. The molecular weight excluding hydrogens is 152 g/mol. The van der Waals surface area contributed by atoms with Gasteiger partial charge in [-0.3, -0.25) is 4.79 Å². The van der Waals surface area contributed by atoms with E-state index in [-0.39, 0.29) is 5.78 Å². The van der Waals surface area contributed by atoms with Gasteiger partial charge < -0.3 is 4.74 Å². The minimum absolute atomic E-state index is 0.0203. The maximum Gasteiger partial charge on any atom is 0.228 e. The Kier molecular flexibility index (Phi) is 1.47. The Morgan fingerprint density at radius 3 is 2.67 bits per heavy atom. The maximum atomic E-state index is 11.4. The molecule has 2 heteroatoms. The maximum absolute atomic E-state index is 11.4.